The maximum absolute atomic E-state index is 13.3. The smallest absolute Gasteiger partial charge is 0.416 e. The Morgan fingerprint density at radius 3 is 2.41 bits per heavy atom. The van der Waals surface area contributed by atoms with Gasteiger partial charge in [-0.2, -0.15) is 18.2 Å². The average Bonchev–Trinajstić information content (AvgIpc) is 3.31. The Hall–Kier alpha value is -4.19. The van der Waals surface area contributed by atoms with Gasteiger partial charge in [0.2, 0.25) is 5.88 Å². The average molecular weight is 544 g/mol. The van der Waals surface area contributed by atoms with E-state index >= 15 is 0 Å². The van der Waals surface area contributed by atoms with Gasteiger partial charge in [0.1, 0.15) is 17.2 Å². The lowest BCUT2D eigenvalue weighted by molar-refractivity contribution is -0.137. The lowest BCUT2D eigenvalue weighted by Gasteiger charge is -2.21. The highest BCUT2D eigenvalue weighted by atomic mass is 19.4. The first kappa shape index (κ1) is 27.8. The van der Waals surface area contributed by atoms with Crippen LogP contribution in [-0.2, 0) is 17.5 Å². The van der Waals surface area contributed by atoms with Crippen LogP contribution in [0.15, 0.2) is 48.5 Å². The lowest BCUT2D eigenvalue weighted by Crippen LogP contribution is -2.28. The highest BCUT2D eigenvalue weighted by Crippen LogP contribution is 2.35. The molecule has 0 aliphatic carbocycles. The quantitative estimate of drug-likeness (QED) is 0.394. The number of aromatic nitrogens is 2. The summed E-state index contributed by atoms with van der Waals surface area (Å²) in [5.74, 6) is -0.210. The predicted molar refractivity (Wildman–Crippen MR) is 136 cm³/mol. The van der Waals surface area contributed by atoms with E-state index in [0.717, 1.165) is 12.1 Å². The molecule has 0 radical (unpaired) electrons. The van der Waals surface area contributed by atoms with Gasteiger partial charge < -0.3 is 20.5 Å². The van der Waals surface area contributed by atoms with Crippen molar-refractivity contribution in [1.29, 1.82) is 0 Å². The highest BCUT2D eigenvalue weighted by molar-refractivity contribution is 5.91. The summed E-state index contributed by atoms with van der Waals surface area (Å²) in [6, 6.07) is 11.2. The number of primary amides is 1. The van der Waals surface area contributed by atoms with Crippen molar-refractivity contribution in [2.75, 3.05) is 19.6 Å². The number of rotatable bonds is 10. The van der Waals surface area contributed by atoms with Gasteiger partial charge in [0.05, 0.1) is 5.56 Å². The third kappa shape index (κ3) is 6.82. The van der Waals surface area contributed by atoms with Gasteiger partial charge in [-0.1, -0.05) is 13.8 Å². The predicted octanol–water partition coefficient (Wildman–Crippen LogP) is 4.16. The molecule has 3 aromatic rings. The number of carbonyl (C=O) groups excluding carboxylic acids is 2. The third-order valence-corrected chi connectivity index (χ3v) is 6.23. The van der Waals surface area contributed by atoms with E-state index in [1.807, 2.05) is 18.7 Å². The Morgan fingerprint density at radius 2 is 1.82 bits per heavy atom. The van der Waals surface area contributed by atoms with Crippen LogP contribution in [0.25, 0.3) is 11.4 Å². The number of carbonyl (C=O) groups is 2. The van der Waals surface area contributed by atoms with Gasteiger partial charge in [-0.05, 0) is 55.6 Å². The van der Waals surface area contributed by atoms with Crippen LogP contribution in [0.5, 0.6) is 17.4 Å². The molecule has 0 bridgehead atoms. The summed E-state index contributed by atoms with van der Waals surface area (Å²) in [5.41, 5.74) is 5.51. The monoisotopic (exact) mass is 543 g/mol. The minimum absolute atomic E-state index is 0.0296. The molecule has 206 valence electrons. The Balaban J connectivity index is 1.59. The van der Waals surface area contributed by atoms with Crippen LogP contribution in [-0.4, -0.2) is 52.4 Å². The van der Waals surface area contributed by atoms with Crippen molar-refractivity contribution in [2.24, 2.45) is 5.73 Å². The molecule has 2 aromatic carbocycles. The number of nitrogens with two attached hydrogens (primary N) is 1. The minimum atomic E-state index is -4.47. The van der Waals surface area contributed by atoms with Gasteiger partial charge in [-0.15, -0.1) is 0 Å². The van der Waals surface area contributed by atoms with Crippen LogP contribution in [0.4, 0.5) is 13.2 Å². The van der Waals surface area contributed by atoms with Crippen molar-refractivity contribution < 1.29 is 32.2 Å². The largest absolute Gasteiger partial charge is 0.464 e. The van der Waals surface area contributed by atoms with Crippen molar-refractivity contribution in [3.8, 4) is 28.8 Å². The summed E-state index contributed by atoms with van der Waals surface area (Å²) in [5, 5.41) is 2.66. The van der Waals surface area contributed by atoms with Gasteiger partial charge in [0.15, 0.2) is 11.9 Å². The number of amides is 2. The zero-order valence-electron chi connectivity index (χ0n) is 21.4. The fourth-order valence-corrected chi connectivity index (χ4v) is 4.04. The first-order chi connectivity index (χ1) is 18.6. The summed E-state index contributed by atoms with van der Waals surface area (Å²) < 4.78 is 51.7. The maximum Gasteiger partial charge on any atom is 0.416 e. The summed E-state index contributed by atoms with van der Waals surface area (Å²) in [7, 11) is 0. The van der Waals surface area contributed by atoms with Crippen molar-refractivity contribution in [3.63, 3.8) is 0 Å². The number of ether oxygens (including phenoxy) is 2. The molecule has 2 amide bonds. The standard InChI is InChI=1S/C27H28F3N5O4/c1-3-35(4-2)15-17-13-18(27(28,29)30)7-10-21(17)38-19-8-5-16(6-9-19)25-33-20(24(31)36)14-23(34-25)39-22-11-12-32-26(22)37/h5-10,13-14,22H,3-4,11-12,15H2,1-2H3,(H2,31,36)(H,32,37). The molecule has 1 saturated heterocycles. The lowest BCUT2D eigenvalue weighted by atomic mass is 10.1. The molecule has 3 N–H and O–H groups in total. The number of nitrogens with one attached hydrogen (secondary N) is 1. The fourth-order valence-electron chi connectivity index (χ4n) is 4.04. The highest BCUT2D eigenvalue weighted by Gasteiger charge is 2.31. The molecule has 1 aliphatic rings. The Kier molecular flexibility index (Phi) is 8.34. The second-order valence-corrected chi connectivity index (χ2v) is 8.87. The SMILES string of the molecule is CCN(CC)Cc1cc(C(F)(F)F)ccc1Oc1ccc(-c2nc(OC3CCNC3=O)cc(C(N)=O)n2)cc1. The number of alkyl halides is 3. The molecular weight excluding hydrogens is 515 g/mol. The van der Waals surface area contributed by atoms with E-state index in [1.165, 1.54) is 12.1 Å². The van der Waals surface area contributed by atoms with Gasteiger partial charge >= 0.3 is 6.18 Å². The number of hydrogen-bond donors (Lipinski definition) is 2. The minimum Gasteiger partial charge on any atom is -0.464 e. The van der Waals surface area contributed by atoms with Gasteiger partial charge in [-0.25, -0.2) is 4.98 Å². The van der Waals surface area contributed by atoms with Crippen molar-refractivity contribution in [3.05, 3.63) is 65.4 Å². The van der Waals surface area contributed by atoms with E-state index in [9.17, 15) is 22.8 Å². The number of halogens is 3. The Morgan fingerprint density at radius 1 is 1.10 bits per heavy atom. The van der Waals surface area contributed by atoms with Crippen LogP contribution in [0.2, 0.25) is 0 Å². The van der Waals surface area contributed by atoms with Crippen LogP contribution < -0.4 is 20.5 Å². The Labute approximate surface area is 223 Å². The van der Waals surface area contributed by atoms with Gasteiger partial charge in [-0.3, -0.25) is 14.5 Å². The summed E-state index contributed by atoms with van der Waals surface area (Å²) in [6.45, 7) is 5.97. The fraction of sp³-hybridized carbons (Fsp3) is 0.333. The van der Waals surface area contributed by atoms with Gasteiger partial charge in [0.25, 0.3) is 11.8 Å². The summed E-state index contributed by atoms with van der Waals surface area (Å²) >= 11 is 0. The van der Waals surface area contributed by atoms with Crippen LogP contribution in [0.3, 0.4) is 0 Å². The normalized spacial score (nSPS) is 15.3. The molecule has 1 aromatic heterocycles. The van der Waals surface area contributed by atoms with Crippen LogP contribution >= 0.6 is 0 Å². The van der Waals surface area contributed by atoms with Crippen LogP contribution in [0.1, 0.15) is 41.9 Å². The second kappa shape index (κ2) is 11.7. The van der Waals surface area contributed by atoms with Gasteiger partial charge in [0, 0.05) is 36.7 Å². The van der Waals surface area contributed by atoms with E-state index in [0.29, 0.717) is 55.2 Å². The molecule has 2 heterocycles. The zero-order valence-corrected chi connectivity index (χ0v) is 21.4. The number of hydrogen-bond acceptors (Lipinski definition) is 7. The van der Waals surface area contributed by atoms with E-state index in [-0.39, 0.29) is 23.3 Å². The van der Waals surface area contributed by atoms with E-state index < -0.39 is 23.8 Å². The van der Waals surface area contributed by atoms with Crippen molar-refractivity contribution >= 4 is 11.8 Å². The second-order valence-electron chi connectivity index (χ2n) is 8.87. The van der Waals surface area contributed by atoms with Crippen LogP contribution in [0, 0.1) is 0 Å². The van der Waals surface area contributed by atoms with Crippen molar-refractivity contribution in [1.82, 2.24) is 20.2 Å². The Bertz CT molecular complexity index is 1340. The van der Waals surface area contributed by atoms with E-state index in [4.69, 9.17) is 15.2 Å². The van der Waals surface area contributed by atoms with E-state index in [2.05, 4.69) is 15.3 Å². The first-order valence-corrected chi connectivity index (χ1v) is 12.4. The molecule has 39 heavy (non-hydrogen) atoms. The third-order valence-electron chi connectivity index (χ3n) is 6.23. The van der Waals surface area contributed by atoms with Crippen molar-refractivity contribution in [2.45, 2.75) is 39.1 Å². The molecule has 9 nitrogen and oxygen atoms in total. The molecule has 1 aliphatic heterocycles. The summed E-state index contributed by atoms with van der Waals surface area (Å²) in [6.07, 6.45) is -4.75. The maximum atomic E-state index is 13.3. The molecule has 1 fully saturated rings. The summed E-state index contributed by atoms with van der Waals surface area (Å²) in [4.78, 5) is 34.2. The molecule has 1 atom stereocenters. The number of benzene rings is 2. The van der Waals surface area contributed by atoms with E-state index in [1.54, 1.807) is 24.3 Å². The molecule has 4 rings (SSSR count). The molecule has 0 saturated carbocycles. The zero-order chi connectivity index (χ0) is 28.2. The molecule has 1 unspecified atom stereocenters. The first-order valence-electron chi connectivity index (χ1n) is 12.4. The molecular formula is C27H28F3N5O4. The number of nitrogens with zero attached hydrogens (tertiary/aromatic N) is 3. The topological polar surface area (TPSA) is 120 Å². The molecule has 12 heteroatoms. The molecule has 0 spiro atoms.